The lowest BCUT2D eigenvalue weighted by molar-refractivity contribution is -0.139. The SMILES string of the molecule is O=C(NCc1csc(-c2cccs2)n1)C1CSCN1C(=O)COc1ccccc1. The Bertz CT molecular complexity index is 960. The number of thiazole rings is 1. The molecular weight excluding hydrogens is 426 g/mol. The van der Waals surface area contributed by atoms with Crippen molar-refractivity contribution >= 4 is 46.2 Å². The summed E-state index contributed by atoms with van der Waals surface area (Å²) in [5, 5.41) is 7.84. The number of amides is 2. The Morgan fingerprint density at radius 3 is 2.83 bits per heavy atom. The van der Waals surface area contributed by atoms with E-state index >= 15 is 0 Å². The molecule has 3 heterocycles. The number of para-hydroxylation sites is 1. The van der Waals surface area contributed by atoms with E-state index in [1.54, 1.807) is 51.5 Å². The Balaban J connectivity index is 1.30. The summed E-state index contributed by atoms with van der Waals surface area (Å²) in [6.45, 7) is 0.273. The van der Waals surface area contributed by atoms with Gasteiger partial charge in [0.15, 0.2) is 6.61 Å². The van der Waals surface area contributed by atoms with Crippen LogP contribution >= 0.6 is 34.4 Å². The molecule has 0 saturated carbocycles. The number of carbonyl (C=O) groups is 2. The number of thiophene rings is 1. The monoisotopic (exact) mass is 445 g/mol. The summed E-state index contributed by atoms with van der Waals surface area (Å²) in [4.78, 5) is 32.5. The second-order valence-corrected chi connectivity index (χ2v) is 9.13. The van der Waals surface area contributed by atoms with Crippen LogP contribution in [0, 0.1) is 0 Å². The number of hydrogen-bond donors (Lipinski definition) is 1. The summed E-state index contributed by atoms with van der Waals surface area (Å²) >= 11 is 4.78. The highest BCUT2D eigenvalue weighted by molar-refractivity contribution is 7.99. The normalized spacial score (nSPS) is 16.0. The minimum absolute atomic E-state index is 0.0788. The lowest BCUT2D eigenvalue weighted by Crippen LogP contribution is -2.48. The first-order valence-corrected chi connectivity index (χ1v) is 11.9. The zero-order valence-electron chi connectivity index (χ0n) is 15.4. The number of nitrogens with one attached hydrogen (secondary N) is 1. The van der Waals surface area contributed by atoms with E-state index in [0.29, 0.717) is 23.9 Å². The van der Waals surface area contributed by atoms with Crippen molar-refractivity contribution in [1.29, 1.82) is 0 Å². The van der Waals surface area contributed by atoms with Crippen LogP contribution in [0.2, 0.25) is 0 Å². The van der Waals surface area contributed by atoms with Gasteiger partial charge >= 0.3 is 0 Å². The third-order valence-electron chi connectivity index (χ3n) is 4.34. The zero-order valence-corrected chi connectivity index (χ0v) is 17.9. The summed E-state index contributed by atoms with van der Waals surface area (Å²) in [5.41, 5.74) is 0.822. The van der Waals surface area contributed by atoms with E-state index in [-0.39, 0.29) is 18.4 Å². The van der Waals surface area contributed by atoms with Crippen LogP contribution in [0.1, 0.15) is 5.69 Å². The predicted octanol–water partition coefficient (Wildman–Crippen LogP) is 3.47. The Kier molecular flexibility index (Phi) is 6.48. The van der Waals surface area contributed by atoms with E-state index in [0.717, 1.165) is 15.6 Å². The molecule has 2 aromatic heterocycles. The third-order valence-corrected chi connectivity index (χ3v) is 7.28. The van der Waals surface area contributed by atoms with Gasteiger partial charge in [-0.05, 0) is 23.6 Å². The molecule has 1 fully saturated rings. The number of aromatic nitrogens is 1. The van der Waals surface area contributed by atoms with Crippen LogP contribution in [0.4, 0.5) is 0 Å². The molecule has 0 spiro atoms. The van der Waals surface area contributed by atoms with Crippen molar-refractivity contribution in [1.82, 2.24) is 15.2 Å². The van der Waals surface area contributed by atoms with Crippen LogP contribution in [0.5, 0.6) is 5.75 Å². The molecule has 1 unspecified atom stereocenters. The fraction of sp³-hybridized carbons (Fsp3) is 0.250. The first-order chi connectivity index (χ1) is 14.2. The summed E-state index contributed by atoms with van der Waals surface area (Å²) in [7, 11) is 0. The van der Waals surface area contributed by atoms with Crippen LogP contribution in [0.3, 0.4) is 0 Å². The minimum atomic E-state index is -0.484. The summed E-state index contributed by atoms with van der Waals surface area (Å²) in [6, 6.07) is 12.7. The van der Waals surface area contributed by atoms with E-state index in [4.69, 9.17) is 4.74 Å². The topological polar surface area (TPSA) is 71.5 Å². The highest BCUT2D eigenvalue weighted by atomic mass is 32.2. The van der Waals surface area contributed by atoms with Gasteiger partial charge in [0.05, 0.1) is 23.0 Å². The van der Waals surface area contributed by atoms with Gasteiger partial charge in [0.25, 0.3) is 5.91 Å². The summed E-state index contributed by atoms with van der Waals surface area (Å²) in [6.07, 6.45) is 0. The first kappa shape index (κ1) is 19.9. The molecule has 1 saturated heterocycles. The van der Waals surface area contributed by atoms with Crippen molar-refractivity contribution in [2.75, 3.05) is 18.2 Å². The van der Waals surface area contributed by atoms with Gasteiger partial charge in [0.1, 0.15) is 16.8 Å². The molecule has 2 amide bonds. The number of rotatable bonds is 7. The van der Waals surface area contributed by atoms with Gasteiger partial charge in [-0.2, -0.15) is 0 Å². The lowest BCUT2D eigenvalue weighted by atomic mass is 10.2. The third kappa shape index (κ3) is 4.98. The first-order valence-electron chi connectivity index (χ1n) is 9.02. The second kappa shape index (κ2) is 9.43. The van der Waals surface area contributed by atoms with Crippen LogP contribution in [0.25, 0.3) is 9.88 Å². The van der Waals surface area contributed by atoms with Crippen LogP contribution < -0.4 is 10.1 Å². The second-order valence-electron chi connectivity index (χ2n) is 6.32. The Morgan fingerprint density at radius 1 is 1.17 bits per heavy atom. The summed E-state index contributed by atoms with van der Waals surface area (Å²) < 4.78 is 5.54. The van der Waals surface area contributed by atoms with Gasteiger partial charge in [-0.3, -0.25) is 9.59 Å². The standard InChI is InChI=1S/C20H19N3O3S3/c24-18(10-26-15-5-2-1-3-6-15)23-13-27-12-16(23)19(25)21-9-14-11-29-20(22-14)17-7-4-8-28-17/h1-8,11,16H,9-10,12-13H2,(H,21,25). The van der Waals surface area contributed by atoms with Gasteiger partial charge in [0.2, 0.25) is 5.91 Å². The van der Waals surface area contributed by atoms with Gasteiger partial charge in [-0.1, -0.05) is 24.3 Å². The molecule has 29 heavy (non-hydrogen) atoms. The molecule has 150 valence electrons. The Labute approximate surface area is 180 Å². The highest BCUT2D eigenvalue weighted by Gasteiger charge is 2.34. The van der Waals surface area contributed by atoms with E-state index in [1.165, 1.54) is 0 Å². The molecule has 1 atom stereocenters. The van der Waals surface area contributed by atoms with E-state index in [2.05, 4.69) is 10.3 Å². The fourth-order valence-corrected chi connectivity index (χ4v) is 5.66. The molecule has 1 aliphatic heterocycles. The highest BCUT2D eigenvalue weighted by Crippen LogP contribution is 2.28. The van der Waals surface area contributed by atoms with E-state index in [9.17, 15) is 9.59 Å². The van der Waals surface area contributed by atoms with Gasteiger partial charge in [-0.25, -0.2) is 4.98 Å². The van der Waals surface area contributed by atoms with Crippen molar-refractivity contribution < 1.29 is 14.3 Å². The number of thioether (sulfide) groups is 1. The largest absolute Gasteiger partial charge is 0.484 e. The van der Waals surface area contributed by atoms with Gasteiger partial charge < -0.3 is 15.0 Å². The maximum atomic E-state index is 12.7. The average Bonchev–Trinajstić information content (AvgIpc) is 3.51. The number of carbonyl (C=O) groups excluding carboxylic acids is 2. The van der Waals surface area contributed by atoms with Crippen LogP contribution in [0.15, 0.2) is 53.2 Å². The fourth-order valence-electron chi connectivity index (χ4n) is 2.85. The molecule has 4 rings (SSSR count). The quantitative estimate of drug-likeness (QED) is 0.603. The number of ether oxygens (including phenoxy) is 1. The maximum absolute atomic E-state index is 12.7. The van der Waals surface area contributed by atoms with Crippen LogP contribution in [-0.2, 0) is 16.1 Å². The van der Waals surface area contributed by atoms with E-state index < -0.39 is 6.04 Å². The summed E-state index contributed by atoms with van der Waals surface area (Å²) in [5.74, 6) is 1.37. The zero-order chi connectivity index (χ0) is 20.1. The van der Waals surface area contributed by atoms with Gasteiger partial charge in [0, 0.05) is 11.1 Å². The van der Waals surface area contributed by atoms with Crippen molar-refractivity contribution in [3.8, 4) is 15.6 Å². The number of benzene rings is 1. The molecule has 0 radical (unpaired) electrons. The van der Waals surface area contributed by atoms with Gasteiger partial charge in [-0.15, -0.1) is 34.4 Å². The molecular formula is C20H19N3O3S3. The number of hydrogen-bond acceptors (Lipinski definition) is 7. The molecule has 1 aliphatic rings. The maximum Gasteiger partial charge on any atom is 0.261 e. The molecule has 0 bridgehead atoms. The van der Waals surface area contributed by atoms with Crippen molar-refractivity contribution in [3.05, 3.63) is 58.9 Å². The molecule has 0 aliphatic carbocycles. The average molecular weight is 446 g/mol. The Morgan fingerprint density at radius 2 is 2.03 bits per heavy atom. The van der Waals surface area contributed by atoms with Crippen molar-refractivity contribution in [2.24, 2.45) is 0 Å². The number of nitrogens with zero attached hydrogens (tertiary/aromatic N) is 2. The molecule has 1 aromatic carbocycles. The Hall–Kier alpha value is -2.36. The smallest absolute Gasteiger partial charge is 0.261 e. The minimum Gasteiger partial charge on any atom is -0.484 e. The molecule has 6 nitrogen and oxygen atoms in total. The van der Waals surface area contributed by atoms with Crippen molar-refractivity contribution in [3.63, 3.8) is 0 Å². The lowest BCUT2D eigenvalue weighted by Gasteiger charge is -2.23. The van der Waals surface area contributed by atoms with E-state index in [1.807, 2.05) is 41.1 Å². The molecule has 9 heteroatoms. The van der Waals surface area contributed by atoms with Crippen molar-refractivity contribution in [2.45, 2.75) is 12.6 Å². The molecule has 3 aromatic rings. The predicted molar refractivity (Wildman–Crippen MR) is 117 cm³/mol. The van der Waals surface area contributed by atoms with Crippen LogP contribution in [-0.4, -0.2) is 46.0 Å². The molecule has 1 N–H and O–H groups in total.